The second-order valence-electron chi connectivity index (χ2n) is 5.19. The van der Waals surface area contributed by atoms with Crippen LogP contribution in [0.2, 0.25) is 0 Å². The summed E-state index contributed by atoms with van der Waals surface area (Å²) in [6.07, 6.45) is 10.2. The van der Waals surface area contributed by atoms with E-state index in [1.807, 2.05) is 20.2 Å². The molecule has 2 N–H and O–H groups in total. The van der Waals surface area contributed by atoms with Crippen molar-refractivity contribution in [2.45, 2.75) is 45.4 Å². The van der Waals surface area contributed by atoms with Gasteiger partial charge in [-0.3, -0.25) is 0 Å². The molecule has 18 heavy (non-hydrogen) atoms. The maximum absolute atomic E-state index is 4.43. The van der Waals surface area contributed by atoms with Gasteiger partial charge in [-0.05, 0) is 25.7 Å². The molecule has 1 aromatic rings. The van der Waals surface area contributed by atoms with E-state index in [4.69, 9.17) is 0 Å². The van der Waals surface area contributed by atoms with Crippen molar-refractivity contribution in [1.82, 2.24) is 9.97 Å². The van der Waals surface area contributed by atoms with Crippen molar-refractivity contribution in [3.8, 4) is 0 Å². The van der Waals surface area contributed by atoms with Gasteiger partial charge in [0.05, 0.1) is 0 Å². The first-order valence-electron chi connectivity index (χ1n) is 7.05. The van der Waals surface area contributed by atoms with E-state index in [1.165, 1.54) is 38.5 Å². The molecule has 1 saturated carbocycles. The Hall–Kier alpha value is -1.32. The topological polar surface area (TPSA) is 49.8 Å². The van der Waals surface area contributed by atoms with Crippen LogP contribution < -0.4 is 10.6 Å². The SMILES string of the molecule is CNc1ncc(C)c(NCCCC2CCCC2)n1. The molecule has 1 aromatic heterocycles. The fraction of sp³-hybridized carbons (Fsp3) is 0.714. The van der Waals surface area contributed by atoms with Crippen molar-refractivity contribution >= 4 is 11.8 Å². The summed E-state index contributed by atoms with van der Waals surface area (Å²) in [4.78, 5) is 8.61. The minimum Gasteiger partial charge on any atom is -0.370 e. The third-order valence-electron chi connectivity index (χ3n) is 3.75. The normalized spacial score (nSPS) is 15.9. The molecule has 0 bridgehead atoms. The van der Waals surface area contributed by atoms with Crippen molar-refractivity contribution in [3.05, 3.63) is 11.8 Å². The first-order valence-corrected chi connectivity index (χ1v) is 7.05. The molecular weight excluding hydrogens is 224 g/mol. The van der Waals surface area contributed by atoms with Gasteiger partial charge in [0.25, 0.3) is 0 Å². The third-order valence-corrected chi connectivity index (χ3v) is 3.75. The lowest BCUT2D eigenvalue weighted by atomic mass is 10.0. The molecule has 1 aliphatic rings. The van der Waals surface area contributed by atoms with Crippen LogP contribution in [-0.4, -0.2) is 23.6 Å². The maximum Gasteiger partial charge on any atom is 0.224 e. The molecule has 2 rings (SSSR count). The Bertz CT molecular complexity index is 372. The first-order chi connectivity index (χ1) is 8.79. The van der Waals surface area contributed by atoms with Crippen LogP contribution >= 0.6 is 0 Å². The van der Waals surface area contributed by atoms with Gasteiger partial charge in [-0.1, -0.05) is 25.7 Å². The Morgan fingerprint density at radius 1 is 1.33 bits per heavy atom. The zero-order chi connectivity index (χ0) is 12.8. The molecular formula is C14H24N4. The van der Waals surface area contributed by atoms with Gasteiger partial charge in [0, 0.05) is 25.4 Å². The molecule has 0 aliphatic heterocycles. The Labute approximate surface area is 110 Å². The average Bonchev–Trinajstić information content (AvgIpc) is 2.89. The van der Waals surface area contributed by atoms with Gasteiger partial charge in [-0.25, -0.2) is 4.98 Å². The summed E-state index contributed by atoms with van der Waals surface area (Å²) in [5, 5.41) is 6.39. The van der Waals surface area contributed by atoms with Crippen LogP contribution in [0, 0.1) is 12.8 Å². The van der Waals surface area contributed by atoms with E-state index in [9.17, 15) is 0 Å². The van der Waals surface area contributed by atoms with E-state index in [0.29, 0.717) is 5.95 Å². The van der Waals surface area contributed by atoms with Crippen LogP contribution in [-0.2, 0) is 0 Å². The molecule has 1 heterocycles. The lowest BCUT2D eigenvalue weighted by molar-refractivity contribution is 0.491. The quantitative estimate of drug-likeness (QED) is 0.759. The third kappa shape index (κ3) is 3.59. The Balaban J connectivity index is 1.75. The van der Waals surface area contributed by atoms with Gasteiger partial charge in [0.2, 0.25) is 5.95 Å². The van der Waals surface area contributed by atoms with E-state index < -0.39 is 0 Å². The zero-order valence-electron chi connectivity index (χ0n) is 11.5. The maximum atomic E-state index is 4.43. The number of aryl methyl sites for hydroxylation is 1. The van der Waals surface area contributed by atoms with Gasteiger partial charge in [0.15, 0.2) is 0 Å². The predicted octanol–water partition coefficient (Wildman–Crippen LogP) is 3.21. The van der Waals surface area contributed by atoms with Crippen LogP contribution in [0.25, 0.3) is 0 Å². The van der Waals surface area contributed by atoms with Crippen molar-refractivity contribution in [2.75, 3.05) is 24.2 Å². The number of rotatable bonds is 6. The highest BCUT2D eigenvalue weighted by Crippen LogP contribution is 2.28. The Morgan fingerprint density at radius 3 is 2.83 bits per heavy atom. The van der Waals surface area contributed by atoms with Crippen molar-refractivity contribution < 1.29 is 0 Å². The molecule has 0 amide bonds. The Kier molecular flexibility index (Phi) is 4.79. The Morgan fingerprint density at radius 2 is 2.11 bits per heavy atom. The van der Waals surface area contributed by atoms with Crippen molar-refractivity contribution in [2.24, 2.45) is 5.92 Å². The monoisotopic (exact) mass is 248 g/mol. The first kappa shape index (κ1) is 13.1. The van der Waals surface area contributed by atoms with Crippen LogP contribution in [0.3, 0.4) is 0 Å². The predicted molar refractivity (Wildman–Crippen MR) is 76.0 cm³/mol. The van der Waals surface area contributed by atoms with Gasteiger partial charge in [-0.2, -0.15) is 4.98 Å². The molecule has 0 atom stereocenters. The summed E-state index contributed by atoms with van der Waals surface area (Å²) in [5.74, 6) is 2.62. The van der Waals surface area contributed by atoms with Crippen molar-refractivity contribution in [1.29, 1.82) is 0 Å². The number of nitrogens with zero attached hydrogens (tertiary/aromatic N) is 2. The smallest absolute Gasteiger partial charge is 0.224 e. The van der Waals surface area contributed by atoms with Crippen LogP contribution in [0.15, 0.2) is 6.20 Å². The summed E-state index contributed by atoms with van der Waals surface area (Å²) in [6, 6.07) is 0. The van der Waals surface area contributed by atoms with E-state index in [2.05, 4.69) is 20.6 Å². The summed E-state index contributed by atoms with van der Waals surface area (Å²) in [7, 11) is 1.84. The van der Waals surface area contributed by atoms with Gasteiger partial charge in [-0.15, -0.1) is 0 Å². The largest absolute Gasteiger partial charge is 0.370 e. The number of hydrogen-bond donors (Lipinski definition) is 2. The molecule has 0 radical (unpaired) electrons. The lowest BCUT2D eigenvalue weighted by Crippen LogP contribution is -2.08. The molecule has 1 aliphatic carbocycles. The minimum absolute atomic E-state index is 0.680. The summed E-state index contributed by atoms with van der Waals surface area (Å²) in [6.45, 7) is 3.05. The van der Waals surface area contributed by atoms with Crippen molar-refractivity contribution in [3.63, 3.8) is 0 Å². The molecule has 1 fully saturated rings. The highest BCUT2D eigenvalue weighted by atomic mass is 15.1. The minimum atomic E-state index is 0.680. The zero-order valence-corrected chi connectivity index (χ0v) is 11.5. The van der Waals surface area contributed by atoms with Gasteiger partial charge >= 0.3 is 0 Å². The molecule has 0 saturated heterocycles. The number of anilines is 2. The number of hydrogen-bond acceptors (Lipinski definition) is 4. The highest BCUT2D eigenvalue weighted by molar-refractivity contribution is 5.46. The number of nitrogens with one attached hydrogen (secondary N) is 2. The van der Waals surface area contributed by atoms with E-state index in [1.54, 1.807) is 0 Å². The molecule has 100 valence electrons. The van der Waals surface area contributed by atoms with Gasteiger partial charge < -0.3 is 10.6 Å². The standard InChI is InChI=1S/C14H24N4/c1-11-10-17-14(15-2)18-13(11)16-9-5-8-12-6-3-4-7-12/h10,12H,3-9H2,1-2H3,(H2,15,16,17,18). The molecule has 0 aromatic carbocycles. The van der Waals surface area contributed by atoms with Crippen LogP contribution in [0.4, 0.5) is 11.8 Å². The van der Waals surface area contributed by atoms with Crippen LogP contribution in [0.5, 0.6) is 0 Å². The van der Waals surface area contributed by atoms with E-state index in [-0.39, 0.29) is 0 Å². The number of aromatic nitrogens is 2. The summed E-state index contributed by atoms with van der Waals surface area (Å²) in [5.41, 5.74) is 1.11. The van der Waals surface area contributed by atoms with Crippen LogP contribution in [0.1, 0.15) is 44.1 Å². The van der Waals surface area contributed by atoms with Gasteiger partial charge in [0.1, 0.15) is 5.82 Å². The van der Waals surface area contributed by atoms with E-state index in [0.717, 1.165) is 23.8 Å². The summed E-state index contributed by atoms with van der Waals surface area (Å²) < 4.78 is 0. The second-order valence-corrected chi connectivity index (χ2v) is 5.19. The average molecular weight is 248 g/mol. The second kappa shape index (κ2) is 6.57. The molecule has 4 heteroatoms. The molecule has 4 nitrogen and oxygen atoms in total. The van der Waals surface area contributed by atoms with E-state index >= 15 is 0 Å². The molecule has 0 unspecified atom stereocenters. The molecule has 0 spiro atoms. The highest BCUT2D eigenvalue weighted by Gasteiger charge is 2.14. The summed E-state index contributed by atoms with van der Waals surface area (Å²) >= 11 is 0. The fourth-order valence-electron chi connectivity index (χ4n) is 2.64. The lowest BCUT2D eigenvalue weighted by Gasteiger charge is -2.11. The fourth-order valence-corrected chi connectivity index (χ4v) is 2.64.